The van der Waals surface area contributed by atoms with Crippen molar-refractivity contribution >= 4 is 59.6 Å². The van der Waals surface area contributed by atoms with E-state index in [1.165, 1.54) is 54.0 Å². The molecule has 0 unspecified atom stereocenters. The molecular formula is C25H26N6O6S3. The number of pyridine rings is 1. The zero-order chi connectivity index (χ0) is 28.0. The Morgan fingerprint density at radius 3 is 2.70 bits per heavy atom. The molecule has 3 aromatic heterocycles. The number of nitrogens with zero attached hydrogens (tertiary/aromatic N) is 4. The molecule has 0 saturated carbocycles. The average Bonchev–Trinajstić information content (AvgIpc) is 3.58. The van der Waals surface area contributed by atoms with Gasteiger partial charge in [0.1, 0.15) is 21.5 Å². The minimum atomic E-state index is -3.50. The summed E-state index contributed by atoms with van der Waals surface area (Å²) in [5.74, 6) is -0.129. The van der Waals surface area contributed by atoms with Crippen molar-refractivity contribution in [3.63, 3.8) is 0 Å². The van der Waals surface area contributed by atoms with Gasteiger partial charge in [-0.1, -0.05) is 28.6 Å². The Balaban J connectivity index is 1.34. The van der Waals surface area contributed by atoms with Crippen molar-refractivity contribution in [2.45, 2.75) is 24.0 Å². The molecule has 0 aliphatic carbocycles. The molecule has 1 aliphatic rings. The van der Waals surface area contributed by atoms with Crippen LogP contribution in [-0.4, -0.2) is 73.7 Å². The lowest BCUT2D eigenvalue weighted by atomic mass is 10.1. The van der Waals surface area contributed by atoms with E-state index < -0.39 is 15.7 Å². The van der Waals surface area contributed by atoms with Crippen LogP contribution in [0.2, 0.25) is 0 Å². The SMILES string of the molecule is COCCCS(=O)(=O)c1ccc(C(=NOCc2nccs2)C(=O)Nc2nc3ccc(OC4CNC4)nc3s2)cc1. The van der Waals surface area contributed by atoms with Crippen molar-refractivity contribution in [2.75, 3.05) is 37.9 Å². The molecule has 1 amide bonds. The van der Waals surface area contributed by atoms with E-state index >= 15 is 0 Å². The van der Waals surface area contributed by atoms with Gasteiger partial charge in [0.15, 0.2) is 27.3 Å². The average molecular weight is 603 g/mol. The smallest absolute Gasteiger partial charge is 0.280 e. The lowest BCUT2D eigenvalue weighted by Crippen LogP contribution is -2.50. The third-order valence-electron chi connectivity index (χ3n) is 5.77. The first-order valence-electron chi connectivity index (χ1n) is 12.3. The number of amides is 1. The van der Waals surface area contributed by atoms with Gasteiger partial charge in [-0.2, -0.15) is 0 Å². The molecule has 12 nitrogen and oxygen atoms in total. The second-order valence-electron chi connectivity index (χ2n) is 8.67. The molecule has 1 aliphatic heterocycles. The first-order chi connectivity index (χ1) is 19.4. The molecular weight excluding hydrogens is 577 g/mol. The minimum absolute atomic E-state index is 0.0471. The Morgan fingerprint density at radius 2 is 2.00 bits per heavy atom. The lowest BCUT2D eigenvalue weighted by Gasteiger charge is -2.27. The van der Waals surface area contributed by atoms with Crippen LogP contribution in [0.15, 0.2) is 58.0 Å². The molecule has 5 rings (SSSR count). The molecule has 0 spiro atoms. The van der Waals surface area contributed by atoms with E-state index in [0.29, 0.717) is 45.0 Å². The summed E-state index contributed by atoms with van der Waals surface area (Å²) < 4.78 is 36.0. The van der Waals surface area contributed by atoms with Crippen LogP contribution in [0.25, 0.3) is 10.3 Å². The van der Waals surface area contributed by atoms with Crippen molar-refractivity contribution in [3.8, 4) is 5.88 Å². The molecule has 1 saturated heterocycles. The molecule has 0 atom stereocenters. The summed E-state index contributed by atoms with van der Waals surface area (Å²) in [6, 6.07) is 9.47. The molecule has 4 aromatic rings. The van der Waals surface area contributed by atoms with Gasteiger partial charge < -0.3 is 19.6 Å². The maximum atomic E-state index is 13.3. The number of carbonyl (C=O) groups excluding carboxylic acids is 1. The molecule has 15 heteroatoms. The number of aromatic nitrogens is 3. The predicted octanol–water partition coefficient (Wildman–Crippen LogP) is 2.87. The summed E-state index contributed by atoms with van der Waals surface area (Å²) in [6.45, 7) is 1.97. The number of thiazole rings is 2. The summed E-state index contributed by atoms with van der Waals surface area (Å²) in [6.07, 6.45) is 2.11. The van der Waals surface area contributed by atoms with E-state index in [1.54, 1.807) is 18.3 Å². The van der Waals surface area contributed by atoms with Crippen molar-refractivity contribution in [1.29, 1.82) is 0 Å². The van der Waals surface area contributed by atoms with Crippen LogP contribution >= 0.6 is 22.7 Å². The Kier molecular flexibility index (Phi) is 8.96. The third kappa shape index (κ3) is 6.98. The topological polar surface area (TPSA) is 154 Å². The Labute approximate surface area is 238 Å². The number of carbonyl (C=O) groups is 1. The van der Waals surface area contributed by atoms with E-state index in [9.17, 15) is 13.2 Å². The van der Waals surface area contributed by atoms with Crippen LogP contribution in [0.3, 0.4) is 0 Å². The number of benzene rings is 1. The maximum Gasteiger partial charge on any atom is 0.280 e. The second-order valence-corrected chi connectivity index (χ2v) is 12.7. The van der Waals surface area contributed by atoms with Gasteiger partial charge in [-0.3, -0.25) is 10.1 Å². The van der Waals surface area contributed by atoms with Crippen LogP contribution < -0.4 is 15.4 Å². The number of sulfone groups is 1. The highest BCUT2D eigenvalue weighted by molar-refractivity contribution is 7.91. The quantitative estimate of drug-likeness (QED) is 0.133. The predicted molar refractivity (Wildman–Crippen MR) is 152 cm³/mol. The van der Waals surface area contributed by atoms with E-state index in [0.717, 1.165) is 13.1 Å². The third-order valence-corrected chi connectivity index (χ3v) is 9.22. The van der Waals surface area contributed by atoms with Gasteiger partial charge in [0.05, 0.1) is 10.6 Å². The van der Waals surface area contributed by atoms with Crippen LogP contribution in [0.1, 0.15) is 17.0 Å². The van der Waals surface area contributed by atoms with Crippen molar-refractivity contribution in [2.24, 2.45) is 5.16 Å². The normalized spacial score (nSPS) is 14.2. The van der Waals surface area contributed by atoms with Gasteiger partial charge in [-0.15, -0.1) is 11.3 Å². The summed E-state index contributed by atoms with van der Waals surface area (Å²) in [7, 11) is -1.98. The number of ether oxygens (including phenoxy) is 2. The fourth-order valence-electron chi connectivity index (χ4n) is 3.62. The van der Waals surface area contributed by atoms with Gasteiger partial charge >= 0.3 is 0 Å². The maximum absolute atomic E-state index is 13.3. The van der Waals surface area contributed by atoms with E-state index in [4.69, 9.17) is 14.3 Å². The van der Waals surface area contributed by atoms with Crippen LogP contribution in [0, 0.1) is 0 Å². The second kappa shape index (κ2) is 12.8. The summed E-state index contributed by atoms with van der Waals surface area (Å²) in [5, 5.41) is 12.8. The Morgan fingerprint density at radius 1 is 1.18 bits per heavy atom. The minimum Gasteiger partial charge on any atom is -0.472 e. The van der Waals surface area contributed by atoms with Crippen LogP contribution in [0.5, 0.6) is 5.88 Å². The van der Waals surface area contributed by atoms with Gasteiger partial charge in [-0.25, -0.2) is 23.4 Å². The van der Waals surface area contributed by atoms with Crippen molar-refractivity contribution < 1.29 is 27.5 Å². The standard InChI is InChI=1S/C25H26N6O6S3/c1-35-10-2-12-40(33,34)18-5-3-16(4-6-18)22(31-36-15-21-27-9-11-38-21)23(32)30-25-28-19-7-8-20(29-24(19)39-25)37-17-13-26-14-17/h3-9,11,17,26H,2,10,12-15H2,1H3,(H,28,30,32). The molecule has 4 heterocycles. The molecule has 0 bridgehead atoms. The summed E-state index contributed by atoms with van der Waals surface area (Å²) >= 11 is 2.59. The summed E-state index contributed by atoms with van der Waals surface area (Å²) in [5.41, 5.74) is 0.936. The number of rotatable bonds is 13. The number of oxime groups is 1. The first kappa shape index (κ1) is 28.0. The highest BCUT2D eigenvalue weighted by Crippen LogP contribution is 2.27. The van der Waals surface area contributed by atoms with Crippen molar-refractivity contribution in [1.82, 2.24) is 20.3 Å². The number of hydrogen-bond donors (Lipinski definition) is 2. The van der Waals surface area contributed by atoms with Crippen molar-refractivity contribution in [3.05, 3.63) is 58.5 Å². The van der Waals surface area contributed by atoms with Gasteiger partial charge in [0.2, 0.25) is 5.88 Å². The fourth-order valence-corrected chi connectivity index (χ4v) is 6.26. The molecule has 40 heavy (non-hydrogen) atoms. The zero-order valence-corrected chi connectivity index (χ0v) is 23.9. The van der Waals surface area contributed by atoms with E-state index in [1.807, 2.05) is 5.38 Å². The van der Waals surface area contributed by atoms with Crippen LogP contribution in [-0.2, 0) is 30.8 Å². The molecule has 0 radical (unpaired) electrons. The Hall–Kier alpha value is -3.50. The van der Waals surface area contributed by atoms with Gasteiger partial charge in [-0.05, 0) is 24.6 Å². The molecule has 1 fully saturated rings. The number of anilines is 1. The number of nitrogens with one attached hydrogen (secondary N) is 2. The number of fused-ring (bicyclic) bond motifs is 1. The molecule has 210 valence electrons. The number of methoxy groups -OCH3 is 1. The largest absolute Gasteiger partial charge is 0.472 e. The molecule has 2 N–H and O–H groups in total. The van der Waals surface area contributed by atoms with Crippen LogP contribution in [0.4, 0.5) is 5.13 Å². The van der Waals surface area contributed by atoms with E-state index in [-0.39, 0.29) is 29.1 Å². The molecule has 1 aromatic carbocycles. The fraction of sp³-hybridized carbons (Fsp3) is 0.320. The Bertz CT molecular complexity index is 1590. The summed E-state index contributed by atoms with van der Waals surface area (Å²) in [4.78, 5) is 32.6. The first-order valence-corrected chi connectivity index (χ1v) is 15.6. The lowest BCUT2D eigenvalue weighted by molar-refractivity contribution is -0.110. The van der Waals surface area contributed by atoms with Gasteiger partial charge in [0.25, 0.3) is 5.91 Å². The highest BCUT2D eigenvalue weighted by atomic mass is 32.2. The monoisotopic (exact) mass is 602 g/mol. The zero-order valence-electron chi connectivity index (χ0n) is 21.4. The number of hydrogen-bond acceptors (Lipinski definition) is 13. The van der Waals surface area contributed by atoms with Gasteiger partial charge in [0, 0.05) is 50.0 Å². The van der Waals surface area contributed by atoms with E-state index in [2.05, 4.69) is 30.7 Å². The highest BCUT2D eigenvalue weighted by Gasteiger charge is 2.22.